The quantitative estimate of drug-likeness (QED) is 0.445. The number of aromatic amines is 1. The molecule has 2 N–H and O–H groups in total. The molecule has 160 valence electrons. The molecule has 0 amide bonds. The molecule has 0 saturated carbocycles. The van der Waals surface area contributed by atoms with Crippen molar-refractivity contribution in [2.45, 2.75) is 13.0 Å². The largest absolute Gasteiger partial charge is 0.358 e. The van der Waals surface area contributed by atoms with Gasteiger partial charge in [0, 0.05) is 0 Å². The normalized spacial score (nSPS) is 12.4. The number of imidazole rings is 1. The van der Waals surface area contributed by atoms with Crippen LogP contribution in [0.15, 0.2) is 53.8 Å². The summed E-state index contributed by atoms with van der Waals surface area (Å²) in [4.78, 5) is 33.0. The number of rotatable bonds is 4. The van der Waals surface area contributed by atoms with Gasteiger partial charge in [-0.25, -0.2) is 33.1 Å². The topological polar surface area (TPSA) is 101 Å². The zero-order valence-electron chi connectivity index (χ0n) is 16.5. The molecular formula is C21H14F3N7O. The Balaban J connectivity index is 1.74. The Morgan fingerprint density at radius 2 is 1.94 bits per heavy atom. The SMILES string of the molecule is C[C@@H](Nc1ncnc2[nH]cnc12)c1nc2ccc(F)cc2c(=O)n1-c1cccc(F)c1F. The monoisotopic (exact) mass is 437 g/mol. The summed E-state index contributed by atoms with van der Waals surface area (Å²) in [5, 5.41) is 3.02. The van der Waals surface area contributed by atoms with Gasteiger partial charge in [-0.1, -0.05) is 6.07 Å². The molecular weight excluding hydrogens is 423 g/mol. The van der Waals surface area contributed by atoms with E-state index in [9.17, 15) is 18.0 Å². The van der Waals surface area contributed by atoms with Crippen molar-refractivity contribution in [3.05, 3.63) is 82.7 Å². The first kappa shape index (κ1) is 19.7. The van der Waals surface area contributed by atoms with Crippen LogP contribution in [0.4, 0.5) is 19.0 Å². The summed E-state index contributed by atoms with van der Waals surface area (Å²) in [6.07, 6.45) is 2.78. The van der Waals surface area contributed by atoms with Gasteiger partial charge in [-0.2, -0.15) is 0 Å². The number of hydrogen-bond acceptors (Lipinski definition) is 6. The van der Waals surface area contributed by atoms with E-state index in [1.54, 1.807) is 6.92 Å². The van der Waals surface area contributed by atoms with E-state index in [0.717, 1.165) is 16.7 Å². The Hall–Kier alpha value is -4.28. The van der Waals surface area contributed by atoms with E-state index in [1.807, 2.05) is 0 Å². The third-order valence-corrected chi connectivity index (χ3v) is 4.99. The van der Waals surface area contributed by atoms with E-state index >= 15 is 0 Å². The van der Waals surface area contributed by atoms with Crippen LogP contribution in [0.5, 0.6) is 0 Å². The smallest absolute Gasteiger partial charge is 0.266 e. The predicted octanol–water partition coefficient (Wildman–Crippen LogP) is 3.64. The minimum atomic E-state index is -1.22. The zero-order chi connectivity index (χ0) is 22.4. The number of H-pyrrole nitrogens is 1. The van der Waals surface area contributed by atoms with Gasteiger partial charge in [0.15, 0.2) is 23.1 Å². The van der Waals surface area contributed by atoms with Gasteiger partial charge in [0.2, 0.25) is 0 Å². The molecule has 0 aliphatic heterocycles. The van der Waals surface area contributed by atoms with Gasteiger partial charge in [-0.3, -0.25) is 9.36 Å². The summed E-state index contributed by atoms with van der Waals surface area (Å²) in [7, 11) is 0. The van der Waals surface area contributed by atoms with Crippen LogP contribution in [0.1, 0.15) is 18.8 Å². The van der Waals surface area contributed by atoms with Gasteiger partial charge in [0.05, 0.1) is 29.0 Å². The maximum absolute atomic E-state index is 14.7. The molecule has 3 heterocycles. The highest BCUT2D eigenvalue weighted by Crippen LogP contribution is 2.25. The summed E-state index contributed by atoms with van der Waals surface area (Å²) in [5.74, 6) is -2.58. The van der Waals surface area contributed by atoms with Crippen molar-refractivity contribution in [1.82, 2.24) is 29.5 Å². The van der Waals surface area contributed by atoms with E-state index < -0.39 is 29.1 Å². The summed E-state index contributed by atoms with van der Waals surface area (Å²) >= 11 is 0. The average molecular weight is 437 g/mol. The maximum atomic E-state index is 14.7. The number of nitrogens with zero attached hydrogens (tertiary/aromatic N) is 5. The first-order valence-electron chi connectivity index (χ1n) is 9.51. The van der Waals surface area contributed by atoms with Crippen LogP contribution in [-0.2, 0) is 0 Å². The minimum Gasteiger partial charge on any atom is -0.358 e. The minimum absolute atomic E-state index is 0.0682. The van der Waals surface area contributed by atoms with E-state index in [2.05, 4.69) is 30.2 Å². The van der Waals surface area contributed by atoms with Crippen LogP contribution < -0.4 is 10.9 Å². The Bertz CT molecular complexity index is 1550. The van der Waals surface area contributed by atoms with Crippen molar-refractivity contribution in [3.63, 3.8) is 0 Å². The fourth-order valence-corrected chi connectivity index (χ4v) is 3.50. The molecule has 11 heteroatoms. The first-order chi connectivity index (χ1) is 15.4. The fraction of sp³-hybridized carbons (Fsp3) is 0.0952. The molecule has 0 spiro atoms. The van der Waals surface area contributed by atoms with Gasteiger partial charge in [0.1, 0.15) is 23.5 Å². The van der Waals surface area contributed by atoms with Crippen molar-refractivity contribution in [2.75, 3.05) is 5.32 Å². The number of hydrogen-bond donors (Lipinski definition) is 2. The third-order valence-electron chi connectivity index (χ3n) is 4.99. The van der Waals surface area contributed by atoms with Crippen molar-refractivity contribution >= 4 is 27.9 Å². The van der Waals surface area contributed by atoms with Crippen molar-refractivity contribution < 1.29 is 13.2 Å². The molecule has 1 atom stereocenters. The second-order valence-electron chi connectivity index (χ2n) is 7.03. The number of halogens is 3. The number of aromatic nitrogens is 6. The van der Waals surface area contributed by atoms with Crippen molar-refractivity contribution in [2.24, 2.45) is 0 Å². The second-order valence-corrected chi connectivity index (χ2v) is 7.03. The van der Waals surface area contributed by atoms with Gasteiger partial charge in [0.25, 0.3) is 5.56 Å². The van der Waals surface area contributed by atoms with Crippen molar-refractivity contribution in [3.8, 4) is 5.69 Å². The van der Waals surface area contributed by atoms with Gasteiger partial charge in [-0.15, -0.1) is 0 Å². The molecule has 8 nitrogen and oxygen atoms in total. The number of nitrogens with one attached hydrogen (secondary N) is 2. The second kappa shape index (κ2) is 7.45. The lowest BCUT2D eigenvalue weighted by molar-refractivity contribution is 0.501. The van der Waals surface area contributed by atoms with E-state index in [-0.39, 0.29) is 22.4 Å². The molecule has 5 aromatic rings. The molecule has 32 heavy (non-hydrogen) atoms. The molecule has 0 unspecified atom stereocenters. The molecule has 2 aromatic carbocycles. The number of fused-ring (bicyclic) bond motifs is 2. The predicted molar refractivity (Wildman–Crippen MR) is 111 cm³/mol. The first-order valence-corrected chi connectivity index (χ1v) is 9.51. The van der Waals surface area contributed by atoms with E-state index in [1.165, 1.54) is 36.9 Å². The lowest BCUT2D eigenvalue weighted by Crippen LogP contribution is -2.28. The zero-order valence-corrected chi connectivity index (χ0v) is 16.5. The Morgan fingerprint density at radius 3 is 2.78 bits per heavy atom. The number of anilines is 1. The maximum Gasteiger partial charge on any atom is 0.266 e. The average Bonchev–Trinajstić information content (AvgIpc) is 3.26. The van der Waals surface area contributed by atoms with Crippen LogP contribution in [0.3, 0.4) is 0 Å². The van der Waals surface area contributed by atoms with Crippen LogP contribution in [0.2, 0.25) is 0 Å². The Kier molecular flexibility index (Phi) is 4.58. The molecule has 0 aliphatic rings. The highest BCUT2D eigenvalue weighted by Gasteiger charge is 2.22. The molecule has 5 rings (SSSR count). The van der Waals surface area contributed by atoms with E-state index in [4.69, 9.17) is 0 Å². The van der Waals surface area contributed by atoms with Crippen molar-refractivity contribution in [1.29, 1.82) is 0 Å². The third kappa shape index (κ3) is 3.14. The summed E-state index contributed by atoms with van der Waals surface area (Å²) in [5.41, 5.74) is 0.0686. The summed E-state index contributed by atoms with van der Waals surface area (Å²) in [6, 6.07) is 6.28. The van der Waals surface area contributed by atoms with Crippen LogP contribution in [0.25, 0.3) is 27.8 Å². The van der Waals surface area contributed by atoms with Crippen LogP contribution in [-0.4, -0.2) is 29.5 Å². The molecule has 0 saturated heterocycles. The summed E-state index contributed by atoms with van der Waals surface area (Å²) in [6.45, 7) is 1.67. The van der Waals surface area contributed by atoms with Crippen LogP contribution in [0, 0.1) is 17.5 Å². The lowest BCUT2D eigenvalue weighted by Gasteiger charge is -2.20. The van der Waals surface area contributed by atoms with Gasteiger partial charge < -0.3 is 10.3 Å². The molecule has 0 fully saturated rings. The molecule has 0 aliphatic carbocycles. The fourth-order valence-electron chi connectivity index (χ4n) is 3.50. The summed E-state index contributed by atoms with van der Waals surface area (Å²) < 4.78 is 43.4. The Labute approximate surface area is 177 Å². The van der Waals surface area contributed by atoms with Gasteiger partial charge >= 0.3 is 0 Å². The number of benzene rings is 2. The molecule has 0 radical (unpaired) electrons. The lowest BCUT2D eigenvalue weighted by atomic mass is 10.2. The molecule has 3 aromatic heterocycles. The van der Waals surface area contributed by atoms with Gasteiger partial charge in [-0.05, 0) is 37.3 Å². The highest BCUT2D eigenvalue weighted by molar-refractivity contribution is 5.82. The molecule has 0 bridgehead atoms. The highest BCUT2D eigenvalue weighted by atomic mass is 19.2. The Morgan fingerprint density at radius 1 is 1.09 bits per heavy atom. The standard InChI is InChI=1S/C21H14F3N7O/c1-10(29-19-17-18(26-8-25-17)27-9-28-19)20-30-14-6-5-11(22)7-12(14)21(32)31(20)15-4-2-3-13(23)16(15)24/h2-10H,1H3,(H2,25,26,27,28,29)/t10-/m1/s1. The van der Waals surface area contributed by atoms with E-state index in [0.29, 0.717) is 17.0 Å². The van der Waals surface area contributed by atoms with Crippen LogP contribution >= 0.6 is 0 Å².